The Morgan fingerprint density at radius 1 is 1.00 bits per heavy atom. The van der Waals surface area contributed by atoms with E-state index in [4.69, 9.17) is 5.73 Å². The van der Waals surface area contributed by atoms with E-state index in [2.05, 4.69) is 9.97 Å². The maximum atomic E-state index is 5.67. The van der Waals surface area contributed by atoms with Crippen LogP contribution in [0, 0.1) is 0 Å². The molecule has 0 bridgehead atoms. The molecule has 0 unspecified atom stereocenters. The molecule has 3 rings (SSSR count). The van der Waals surface area contributed by atoms with Gasteiger partial charge in [-0.05, 0) is 30.3 Å². The second-order valence-corrected chi connectivity index (χ2v) is 3.32. The van der Waals surface area contributed by atoms with Crippen molar-refractivity contribution in [2.24, 2.45) is 0 Å². The summed E-state index contributed by atoms with van der Waals surface area (Å²) in [5, 5.41) is 2.33. The fraction of sp³-hybridized carbons (Fsp3) is 0. The fourth-order valence-corrected chi connectivity index (χ4v) is 1.76. The number of hydrogen-bond acceptors (Lipinski definition) is 2. The van der Waals surface area contributed by atoms with Crippen LogP contribution in [0.25, 0.3) is 21.8 Å². The van der Waals surface area contributed by atoms with Crippen molar-refractivity contribution >= 4 is 27.6 Å². The van der Waals surface area contributed by atoms with Gasteiger partial charge >= 0.3 is 0 Å². The van der Waals surface area contributed by atoms with E-state index in [1.807, 2.05) is 36.5 Å². The number of nitrogens with one attached hydrogen (secondary N) is 1. The van der Waals surface area contributed by atoms with Gasteiger partial charge in [-0.3, -0.25) is 4.98 Å². The van der Waals surface area contributed by atoms with Crippen molar-refractivity contribution < 1.29 is 0 Å². The summed E-state index contributed by atoms with van der Waals surface area (Å²) in [6, 6.07) is 9.90. The summed E-state index contributed by atoms with van der Waals surface area (Å²) in [4.78, 5) is 7.37. The van der Waals surface area contributed by atoms with Crippen LogP contribution in [0.1, 0.15) is 0 Å². The highest BCUT2D eigenvalue weighted by atomic mass is 14.8. The summed E-state index contributed by atoms with van der Waals surface area (Å²) in [7, 11) is 0. The number of aromatic amines is 1. The van der Waals surface area contributed by atoms with Crippen LogP contribution in [0.3, 0.4) is 0 Å². The fourth-order valence-electron chi connectivity index (χ4n) is 1.76. The first-order chi connectivity index (χ1) is 6.84. The summed E-state index contributed by atoms with van der Waals surface area (Å²) in [6.07, 6.45) is 1.82. The van der Waals surface area contributed by atoms with Crippen LogP contribution >= 0.6 is 0 Å². The molecule has 0 fully saturated rings. The Hall–Kier alpha value is -2.03. The number of H-pyrrole nitrogens is 1. The second-order valence-electron chi connectivity index (χ2n) is 3.32. The molecule has 0 saturated carbocycles. The lowest BCUT2D eigenvalue weighted by atomic mass is 10.1. The molecule has 3 heteroatoms. The normalized spacial score (nSPS) is 11.1. The third-order valence-corrected chi connectivity index (χ3v) is 2.43. The van der Waals surface area contributed by atoms with E-state index in [0.717, 1.165) is 16.4 Å². The van der Waals surface area contributed by atoms with Gasteiger partial charge in [-0.2, -0.15) is 0 Å². The van der Waals surface area contributed by atoms with E-state index < -0.39 is 0 Å². The molecule has 14 heavy (non-hydrogen) atoms. The number of nitrogen functional groups attached to an aromatic ring is 1. The van der Waals surface area contributed by atoms with Gasteiger partial charge in [-0.15, -0.1) is 0 Å². The van der Waals surface area contributed by atoms with Gasteiger partial charge in [0.1, 0.15) is 5.82 Å². The quantitative estimate of drug-likeness (QED) is 0.561. The molecule has 1 aromatic carbocycles. The molecule has 68 valence electrons. The molecular formula is C11H9N3. The van der Waals surface area contributed by atoms with Gasteiger partial charge in [-0.1, -0.05) is 0 Å². The van der Waals surface area contributed by atoms with Crippen molar-refractivity contribution in [1.82, 2.24) is 9.97 Å². The Morgan fingerprint density at radius 2 is 1.93 bits per heavy atom. The van der Waals surface area contributed by atoms with Crippen LogP contribution in [0.2, 0.25) is 0 Å². The minimum absolute atomic E-state index is 0.677. The first-order valence-electron chi connectivity index (χ1n) is 4.46. The molecule has 0 aliphatic carbocycles. The highest BCUT2D eigenvalue weighted by molar-refractivity contribution is 6.05. The molecule has 0 aliphatic heterocycles. The molecule has 0 radical (unpaired) electrons. The van der Waals surface area contributed by atoms with Crippen LogP contribution < -0.4 is 5.73 Å². The molecule has 0 atom stereocenters. The monoisotopic (exact) mass is 183 g/mol. The second kappa shape index (κ2) is 2.48. The van der Waals surface area contributed by atoms with Crippen molar-refractivity contribution in [1.29, 1.82) is 0 Å². The number of anilines is 1. The number of nitrogens with two attached hydrogens (primary N) is 1. The average Bonchev–Trinajstić information content (AvgIpc) is 2.65. The van der Waals surface area contributed by atoms with Crippen molar-refractivity contribution in [2.75, 3.05) is 5.73 Å². The molecule has 0 aliphatic rings. The number of rotatable bonds is 0. The third kappa shape index (κ3) is 0.893. The molecule has 3 N–H and O–H groups in total. The molecule has 2 heterocycles. The summed E-state index contributed by atoms with van der Waals surface area (Å²) < 4.78 is 0. The Kier molecular flexibility index (Phi) is 1.31. The first-order valence-corrected chi connectivity index (χ1v) is 4.46. The summed E-state index contributed by atoms with van der Waals surface area (Å²) in [6.45, 7) is 0. The zero-order chi connectivity index (χ0) is 9.54. The van der Waals surface area contributed by atoms with Crippen LogP contribution in [0.5, 0.6) is 0 Å². The first kappa shape index (κ1) is 7.38. The van der Waals surface area contributed by atoms with E-state index in [1.165, 1.54) is 5.39 Å². The lowest BCUT2D eigenvalue weighted by Crippen LogP contribution is -1.89. The summed E-state index contributed by atoms with van der Waals surface area (Å²) in [5.41, 5.74) is 7.74. The highest BCUT2D eigenvalue weighted by Gasteiger charge is 2.01. The van der Waals surface area contributed by atoms with E-state index in [1.54, 1.807) is 0 Å². The van der Waals surface area contributed by atoms with Gasteiger partial charge in [0.2, 0.25) is 0 Å². The Bertz CT molecular complexity index is 610. The number of fused-ring (bicyclic) bond motifs is 3. The lowest BCUT2D eigenvalue weighted by Gasteiger charge is -2.01. The third-order valence-electron chi connectivity index (χ3n) is 2.43. The number of benzene rings is 1. The summed E-state index contributed by atoms with van der Waals surface area (Å²) >= 11 is 0. The number of hydrogen-bond donors (Lipinski definition) is 2. The Morgan fingerprint density at radius 3 is 2.86 bits per heavy atom. The van der Waals surface area contributed by atoms with E-state index in [0.29, 0.717) is 5.82 Å². The zero-order valence-electron chi connectivity index (χ0n) is 7.49. The molecule has 0 spiro atoms. The van der Waals surface area contributed by atoms with Crippen molar-refractivity contribution in [3.63, 3.8) is 0 Å². The molecule has 3 nitrogen and oxygen atoms in total. The number of nitrogens with zero attached hydrogens (tertiary/aromatic N) is 1. The van der Waals surface area contributed by atoms with E-state index >= 15 is 0 Å². The van der Waals surface area contributed by atoms with Gasteiger partial charge in [0.25, 0.3) is 0 Å². The molecular weight excluding hydrogens is 174 g/mol. The maximum absolute atomic E-state index is 5.67. The van der Waals surface area contributed by atoms with Gasteiger partial charge in [0, 0.05) is 22.5 Å². The molecule has 3 aromatic rings. The Labute approximate surface area is 80.6 Å². The minimum atomic E-state index is 0.677. The molecule has 2 aromatic heterocycles. The predicted molar refractivity (Wildman–Crippen MR) is 58.0 cm³/mol. The van der Waals surface area contributed by atoms with Crippen LogP contribution in [-0.4, -0.2) is 9.97 Å². The topological polar surface area (TPSA) is 54.7 Å². The summed E-state index contributed by atoms with van der Waals surface area (Å²) in [5.74, 6) is 0.677. The zero-order valence-corrected chi connectivity index (χ0v) is 7.49. The van der Waals surface area contributed by atoms with Crippen molar-refractivity contribution in [3.8, 4) is 0 Å². The van der Waals surface area contributed by atoms with Crippen LogP contribution in [0.15, 0.2) is 36.5 Å². The lowest BCUT2D eigenvalue weighted by molar-refractivity contribution is 1.42. The maximum Gasteiger partial charge on any atom is 0.100 e. The average molecular weight is 183 g/mol. The van der Waals surface area contributed by atoms with Gasteiger partial charge < -0.3 is 10.7 Å². The van der Waals surface area contributed by atoms with Crippen LogP contribution in [-0.2, 0) is 0 Å². The SMILES string of the molecule is Nc1ccc2c(ccc3nccc32)[nH]1. The molecule has 0 saturated heterocycles. The number of aromatic nitrogens is 2. The van der Waals surface area contributed by atoms with Crippen molar-refractivity contribution in [2.45, 2.75) is 0 Å². The van der Waals surface area contributed by atoms with Gasteiger partial charge in [0.05, 0.1) is 5.52 Å². The highest BCUT2D eigenvalue weighted by Crippen LogP contribution is 2.23. The standard InChI is InChI=1S/C11H9N3/c12-11-4-1-7-8-5-6-13-9(8)2-3-10(7)14-11/h1-6,14H,12H2. The van der Waals surface area contributed by atoms with Gasteiger partial charge in [0.15, 0.2) is 0 Å². The minimum Gasteiger partial charge on any atom is -0.385 e. The van der Waals surface area contributed by atoms with Gasteiger partial charge in [-0.25, -0.2) is 0 Å². The molecule has 0 amide bonds. The number of pyridine rings is 1. The largest absolute Gasteiger partial charge is 0.385 e. The smallest absolute Gasteiger partial charge is 0.100 e. The Balaban J connectivity index is 2.57. The van der Waals surface area contributed by atoms with Crippen molar-refractivity contribution in [3.05, 3.63) is 36.5 Å². The van der Waals surface area contributed by atoms with E-state index in [-0.39, 0.29) is 0 Å². The predicted octanol–water partition coefficient (Wildman–Crippen LogP) is 2.30. The van der Waals surface area contributed by atoms with E-state index in [9.17, 15) is 0 Å². The van der Waals surface area contributed by atoms with Crippen LogP contribution in [0.4, 0.5) is 5.82 Å².